The number of alkyl halides is 3. The third-order valence-corrected chi connectivity index (χ3v) is 5.15. The number of ether oxygens (including phenoxy) is 2. The molecule has 0 fully saturated rings. The van der Waals surface area contributed by atoms with Crippen LogP contribution in [0.3, 0.4) is 0 Å². The van der Waals surface area contributed by atoms with Crippen LogP contribution in [-0.2, 0) is 0 Å². The zero-order valence-electron chi connectivity index (χ0n) is 15.5. The van der Waals surface area contributed by atoms with Gasteiger partial charge in [-0.1, -0.05) is 0 Å². The van der Waals surface area contributed by atoms with Gasteiger partial charge in [0.15, 0.2) is 11.5 Å². The maximum Gasteiger partial charge on any atom is 0.390 e. The average Bonchev–Trinajstić information content (AvgIpc) is 3.02. The van der Waals surface area contributed by atoms with Gasteiger partial charge in [-0.25, -0.2) is 4.98 Å². The Morgan fingerprint density at radius 1 is 1.22 bits per heavy atom. The van der Waals surface area contributed by atoms with Gasteiger partial charge in [0, 0.05) is 18.7 Å². The molecule has 27 heavy (non-hydrogen) atoms. The van der Waals surface area contributed by atoms with Gasteiger partial charge >= 0.3 is 6.18 Å². The number of aromatic nitrogens is 1. The van der Waals surface area contributed by atoms with E-state index < -0.39 is 18.5 Å². The molecule has 0 atom stereocenters. The van der Waals surface area contributed by atoms with Gasteiger partial charge in [0.05, 0.1) is 26.3 Å². The summed E-state index contributed by atoms with van der Waals surface area (Å²) in [6.07, 6.45) is -5.34. The molecule has 5 nitrogen and oxygen atoms in total. The molecule has 0 saturated heterocycles. The van der Waals surface area contributed by atoms with Gasteiger partial charge in [-0.2, -0.15) is 13.2 Å². The number of nitrogens with zero attached hydrogens (tertiary/aromatic N) is 2. The Labute approximate surface area is 159 Å². The molecule has 0 bridgehead atoms. The van der Waals surface area contributed by atoms with E-state index in [0.717, 1.165) is 16.9 Å². The molecule has 148 valence electrons. The fourth-order valence-corrected chi connectivity index (χ4v) is 3.53. The van der Waals surface area contributed by atoms with Crippen LogP contribution in [0.15, 0.2) is 18.2 Å². The van der Waals surface area contributed by atoms with Crippen LogP contribution in [0.4, 0.5) is 13.2 Å². The third-order valence-electron chi connectivity index (χ3n) is 3.96. The standard InChI is InChI=1S/C18H21F3N2O3S/c1-5-23(9-8-18(19,20)21)17(24)15-11(2)22-16(27-15)12-6-7-13(25-3)14(10-12)26-4/h6-7,10H,5,8-9H2,1-4H3. The second kappa shape index (κ2) is 8.60. The highest BCUT2D eigenvalue weighted by atomic mass is 32.1. The fraction of sp³-hybridized carbons (Fsp3) is 0.444. The molecule has 0 radical (unpaired) electrons. The van der Waals surface area contributed by atoms with Crippen LogP contribution < -0.4 is 9.47 Å². The van der Waals surface area contributed by atoms with Crippen molar-refractivity contribution in [3.8, 4) is 22.1 Å². The van der Waals surface area contributed by atoms with Gasteiger partial charge in [-0.3, -0.25) is 4.79 Å². The van der Waals surface area contributed by atoms with E-state index in [1.54, 1.807) is 32.0 Å². The summed E-state index contributed by atoms with van der Waals surface area (Å²) in [4.78, 5) is 18.6. The minimum Gasteiger partial charge on any atom is -0.493 e. The summed E-state index contributed by atoms with van der Waals surface area (Å²) in [6, 6.07) is 5.26. The Morgan fingerprint density at radius 2 is 1.89 bits per heavy atom. The number of halogens is 3. The predicted octanol–water partition coefficient (Wildman–Crippen LogP) is 4.55. The molecule has 9 heteroatoms. The first-order valence-electron chi connectivity index (χ1n) is 8.26. The highest BCUT2D eigenvalue weighted by molar-refractivity contribution is 7.17. The van der Waals surface area contributed by atoms with Crippen LogP contribution in [0.2, 0.25) is 0 Å². The van der Waals surface area contributed by atoms with Crippen molar-refractivity contribution in [2.45, 2.75) is 26.4 Å². The van der Waals surface area contributed by atoms with E-state index >= 15 is 0 Å². The van der Waals surface area contributed by atoms with Crippen molar-refractivity contribution in [1.29, 1.82) is 0 Å². The van der Waals surface area contributed by atoms with Crippen molar-refractivity contribution in [3.05, 3.63) is 28.8 Å². The van der Waals surface area contributed by atoms with E-state index in [2.05, 4.69) is 4.98 Å². The molecule has 2 rings (SSSR count). The van der Waals surface area contributed by atoms with Crippen LogP contribution in [0.5, 0.6) is 11.5 Å². The zero-order chi connectivity index (χ0) is 20.2. The second-order valence-electron chi connectivity index (χ2n) is 5.75. The maximum absolute atomic E-state index is 12.7. The molecule has 0 N–H and O–H groups in total. The van der Waals surface area contributed by atoms with Crippen molar-refractivity contribution in [2.24, 2.45) is 0 Å². The number of rotatable bonds is 7. The predicted molar refractivity (Wildman–Crippen MR) is 97.6 cm³/mol. The fourth-order valence-electron chi connectivity index (χ4n) is 2.50. The molecule has 1 heterocycles. The van der Waals surface area contributed by atoms with Crippen molar-refractivity contribution in [3.63, 3.8) is 0 Å². The Balaban J connectivity index is 2.28. The number of carbonyl (C=O) groups excluding carboxylic acids is 1. The molecule has 1 aromatic heterocycles. The summed E-state index contributed by atoms with van der Waals surface area (Å²) >= 11 is 1.15. The molecular formula is C18H21F3N2O3S. The molecule has 0 aliphatic heterocycles. The summed E-state index contributed by atoms with van der Waals surface area (Å²) in [6.45, 7) is 3.14. The van der Waals surface area contributed by atoms with Crippen molar-refractivity contribution < 1.29 is 27.4 Å². The van der Waals surface area contributed by atoms with Gasteiger partial charge in [0.2, 0.25) is 0 Å². The summed E-state index contributed by atoms with van der Waals surface area (Å²) < 4.78 is 47.9. The number of amides is 1. The monoisotopic (exact) mass is 402 g/mol. The lowest BCUT2D eigenvalue weighted by Crippen LogP contribution is -2.33. The van der Waals surface area contributed by atoms with Crippen LogP contribution >= 0.6 is 11.3 Å². The second-order valence-corrected chi connectivity index (χ2v) is 6.75. The lowest BCUT2D eigenvalue weighted by molar-refractivity contribution is -0.136. The Kier molecular flexibility index (Phi) is 6.69. The summed E-state index contributed by atoms with van der Waals surface area (Å²) in [5, 5.41) is 0.587. The molecule has 2 aromatic rings. The van der Waals surface area contributed by atoms with E-state index in [4.69, 9.17) is 9.47 Å². The lowest BCUT2D eigenvalue weighted by Gasteiger charge is -2.21. The number of hydrogen-bond donors (Lipinski definition) is 0. The molecular weight excluding hydrogens is 381 g/mol. The topological polar surface area (TPSA) is 51.7 Å². The number of methoxy groups -OCH3 is 2. The number of aryl methyl sites for hydroxylation is 1. The minimum absolute atomic E-state index is 0.192. The lowest BCUT2D eigenvalue weighted by atomic mass is 10.2. The first-order valence-corrected chi connectivity index (χ1v) is 9.07. The molecule has 1 aromatic carbocycles. The number of benzene rings is 1. The Hall–Kier alpha value is -2.29. The summed E-state index contributed by atoms with van der Waals surface area (Å²) in [5.74, 6) is 0.648. The maximum atomic E-state index is 12.7. The minimum atomic E-state index is -4.30. The molecule has 0 aliphatic carbocycles. The average molecular weight is 402 g/mol. The van der Waals surface area contributed by atoms with Gasteiger partial charge < -0.3 is 14.4 Å². The van der Waals surface area contributed by atoms with Gasteiger partial charge in [-0.15, -0.1) is 11.3 Å². The number of hydrogen-bond acceptors (Lipinski definition) is 5. The number of carbonyl (C=O) groups is 1. The summed E-state index contributed by atoms with van der Waals surface area (Å²) in [7, 11) is 3.05. The van der Waals surface area contributed by atoms with E-state index in [1.165, 1.54) is 19.1 Å². The first-order chi connectivity index (χ1) is 12.7. The quantitative estimate of drug-likeness (QED) is 0.682. The van der Waals surface area contributed by atoms with Gasteiger partial charge in [0.1, 0.15) is 9.88 Å². The Bertz CT molecular complexity index is 806. The van der Waals surface area contributed by atoms with Gasteiger partial charge in [-0.05, 0) is 32.0 Å². The van der Waals surface area contributed by atoms with Crippen LogP contribution in [-0.4, -0.2) is 49.3 Å². The van der Waals surface area contributed by atoms with Crippen LogP contribution in [0.25, 0.3) is 10.6 Å². The highest BCUT2D eigenvalue weighted by Gasteiger charge is 2.30. The zero-order valence-corrected chi connectivity index (χ0v) is 16.3. The first kappa shape index (κ1) is 21.0. The van der Waals surface area contributed by atoms with E-state index in [1.807, 2.05) is 0 Å². The van der Waals surface area contributed by atoms with Crippen LogP contribution in [0.1, 0.15) is 28.7 Å². The molecule has 0 unspecified atom stereocenters. The van der Waals surface area contributed by atoms with E-state index in [0.29, 0.717) is 27.1 Å². The smallest absolute Gasteiger partial charge is 0.390 e. The Morgan fingerprint density at radius 3 is 2.44 bits per heavy atom. The molecule has 0 spiro atoms. The molecule has 1 amide bonds. The normalized spacial score (nSPS) is 11.4. The third kappa shape index (κ3) is 5.12. The highest BCUT2D eigenvalue weighted by Crippen LogP contribution is 2.35. The van der Waals surface area contributed by atoms with Crippen molar-refractivity contribution in [1.82, 2.24) is 9.88 Å². The van der Waals surface area contributed by atoms with E-state index in [-0.39, 0.29) is 13.1 Å². The van der Waals surface area contributed by atoms with Crippen molar-refractivity contribution >= 4 is 17.2 Å². The number of thiazole rings is 1. The molecule has 0 aliphatic rings. The van der Waals surface area contributed by atoms with E-state index in [9.17, 15) is 18.0 Å². The molecule has 0 saturated carbocycles. The van der Waals surface area contributed by atoms with Crippen molar-refractivity contribution in [2.75, 3.05) is 27.3 Å². The SMILES string of the molecule is CCN(CCC(F)(F)F)C(=O)c1sc(-c2ccc(OC)c(OC)c2)nc1C. The van der Waals surface area contributed by atoms with Gasteiger partial charge in [0.25, 0.3) is 5.91 Å². The largest absolute Gasteiger partial charge is 0.493 e. The van der Waals surface area contributed by atoms with Crippen LogP contribution in [0, 0.1) is 6.92 Å². The summed E-state index contributed by atoms with van der Waals surface area (Å²) in [5.41, 5.74) is 1.22.